The second kappa shape index (κ2) is 14.2. The molecule has 1 saturated heterocycles. The van der Waals surface area contributed by atoms with Crippen LogP contribution >= 0.6 is 24.0 Å². The minimum Gasteiger partial charge on any atom is -0.385 e. The van der Waals surface area contributed by atoms with E-state index >= 15 is 0 Å². The number of nitrogens with one attached hydrogen (secondary N) is 2. The van der Waals surface area contributed by atoms with Crippen molar-refractivity contribution in [2.24, 2.45) is 4.99 Å². The number of benzene rings is 1. The molecule has 1 fully saturated rings. The van der Waals surface area contributed by atoms with Gasteiger partial charge in [0.1, 0.15) is 0 Å². The summed E-state index contributed by atoms with van der Waals surface area (Å²) in [6.07, 6.45) is 4.46. The van der Waals surface area contributed by atoms with Gasteiger partial charge in [-0.05, 0) is 52.0 Å². The van der Waals surface area contributed by atoms with Gasteiger partial charge in [0.05, 0.1) is 0 Å². The molecule has 0 bridgehead atoms. The number of likely N-dealkylation sites (tertiary alicyclic amines) is 1. The number of hydrogen-bond acceptors (Lipinski definition) is 3. The Morgan fingerprint density at radius 2 is 1.86 bits per heavy atom. The Morgan fingerprint density at radius 3 is 2.46 bits per heavy atom. The fraction of sp³-hybridized carbons (Fsp3) is 0.682. The largest absolute Gasteiger partial charge is 0.385 e. The zero-order valence-electron chi connectivity index (χ0n) is 18.1. The van der Waals surface area contributed by atoms with E-state index in [4.69, 9.17) is 9.73 Å². The smallest absolute Gasteiger partial charge is 0.191 e. The molecule has 1 heterocycles. The van der Waals surface area contributed by atoms with Crippen molar-refractivity contribution < 1.29 is 4.74 Å². The number of methoxy groups -OCH3 is 1. The maximum absolute atomic E-state index is 5.15. The summed E-state index contributed by atoms with van der Waals surface area (Å²) in [6.45, 7) is 12.5. The average molecular weight is 502 g/mol. The third-order valence-corrected chi connectivity index (χ3v) is 5.05. The van der Waals surface area contributed by atoms with E-state index in [0.717, 1.165) is 58.1 Å². The molecule has 160 valence electrons. The van der Waals surface area contributed by atoms with E-state index in [1.54, 1.807) is 7.11 Å². The maximum atomic E-state index is 5.15. The molecule has 1 aliphatic heterocycles. The molecule has 2 rings (SSSR count). The Labute approximate surface area is 188 Å². The van der Waals surface area contributed by atoms with Gasteiger partial charge in [-0.2, -0.15) is 0 Å². The fourth-order valence-corrected chi connectivity index (χ4v) is 3.76. The number of aryl methyl sites for hydroxylation is 2. The Balaban J connectivity index is 0.00000392. The molecule has 0 saturated carbocycles. The Morgan fingerprint density at radius 1 is 1.18 bits per heavy atom. The first-order valence-electron chi connectivity index (χ1n) is 10.4. The van der Waals surface area contributed by atoms with Crippen molar-refractivity contribution >= 4 is 29.9 Å². The van der Waals surface area contributed by atoms with Gasteiger partial charge in [0.2, 0.25) is 0 Å². The van der Waals surface area contributed by atoms with E-state index in [-0.39, 0.29) is 24.0 Å². The van der Waals surface area contributed by atoms with Crippen molar-refractivity contribution in [3.05, 3.63) is 34.9 Å². The number of ether oxygens (including phenoxy) is 1. The van der Waals surface area contributed by atoms with Gasteiger partial charge in [-0.3, -0.25) is 4.99 Å². The Hall–Kier alpha value is -0.860. The maximum Gasteiger partial charge on any atom is 0.191 e. The van der Waals surface area contributed by atoms with Crippen LogP contribution in [-0.2, 0) is 11.2 Å². The molecular formula is C22H39IN4O. The quantitative estimate of drug-likeness (QED) is 0.235. The monoisotopic (exact) mass is 502 g/mol. The van der Waals surface area contributed by atoms with Gasteiger partial charge < -0.3 is 20.3 Å². The summed E-state index contributed by atoms with van der Waals surface area (Å²) in [4.78, 5) is 7.35. The minimum atomic E-state index is 0. The van der Waals surface area contributed by atoms with Crippen LogP contribution in [0.1, 0.15) is 42.9 Å². The molecular weight excluding hydrogens is 463 g/mol. The first-order chi connectivity index (χ1) is 13.1. The van der Waals surface area contributed by atoms with Crippen molar-refractivity contribution in [3.63, 3.8) is 0 Å². The predicted octanol–water partition coefficient (Wildman–Crippen LogP) is 3.52. The van der Waals surface area contributed by atoms with Crippen molar-refractivity contribution in [3.8, 4) is 0 Å². The first-order valence-corrected chi connectivity index (χ1v) is 10.4. The van der Waals surface area contributed by atoms with Gasteiger partial charge in [0, 0.05) is 52.5 Å². The van der Waals surface area contributed by atoms with Crippen LogP contribution in [0.4, 0.5) is 0 Å². The number of hydrogen-bond donors (Lipinski definition) is 2. The fourth-order valence-electron chi connectivity index (χ4n) is 3.76. The lowest BCUT2D eigenvalue weighted by atomic mass is 10.0. The molecule has 1 aliphatic rings. The molecule has 0 unspecified atom stereocenters. The average Bonchev–Trinajstić information content (AvgIpc) is 2.63. The van der Waals surface area contributed by atoms with E-state index in [0.29, 0.717) is 6.04 Å². The second-order valence-corrected chi connectivity index (χ2v) is 7.61. The van der Waals surface area contributed by atoms with Crippen LogP contribution in [0.25, 0.3) is 0 Å². The molecule has 0 aromatic heterocycles. The lowest BCUT2D eigenvalue weighted by Gasteiger charge is -2.33. The van der Waals surface area contributed by atoms with E-state index < -0.39 is 0 Å². The number of piperidine rings is 1. The van der Waals surface area contributed by atoms with Gasteiger partial charge in [0.25, 0.3) is 0 Å². The summed E-state index contributed by atoms with van der Waals surface area (Å²) in [5.41, 5.74) is 4.03. The van der Waals surface area contributed by atoms with Gasteiger partial charge >= 0.3 is 0 Å². The lowest BCUT2D eigenvalue weighted by Crippen LogP contribution is -2.49. The molecule has 0 aliphatic carbocycles. The van der Waals surface area contributed by atoms with Crippen molar-refractivity contribution in [2.75, 3.05) is 46.4 Å². The van der Waals surface area contributed by atoms with Crippen molar-refractivity contribution in [2.45, 2.75) is 52.5 Å². The van der Waals surface area contributed by atoms with Crippen LogP contribution in [0, 0.1) is 13.8 Å². The highest BCUT2D eigenvalue weighted by Crippen LogP contribution is 2.11. The van der Waals surface area contributed by atoms with E-state index in [2.05, 4.69) is 54.5 Å². The van der Waals surface area contributed by atoms with Crippen molar-refractivity contribution in [1.82, 2.24) is 15.5 Å². The van der Waals surface area contributed by atoms with Gasteiger partial charge in [-0.25, -0.2) is 0 Å². The van der Waals surface area contributed by atoms with E-state index in [1.807, 2.05) is 0 Å². The Kier molecular flexibility index (Phi) is 12.7. The van der Waals surface area contributed by atoms with Crippen LogP contribution < -0.4 is 10.6 Å². The van der Waals surface area contributed by atoms with Crippen LogP contribution in [0.3, 0.4) is 0 Å². The number of rotatable bonds is 9. The van der Waals surface area contributed by atoms with Crippen LogP contribution in [-0.4, -0.2) is 63.3 Å². The second-order valence-electron chi connectivity index (χ2n) is 7.61. The van der Waals surface area contributed by atoms with Gasteiger partial charge in [-0.1, -0.05) is 29.3 Å². The number of guanidine groups is 1. The normalized spacial score (nSPS) is 15.9. The Bertz CT molecular complexity index is 566. The molecule has 0 spiro atoms. The number of nitrogens with zero attached hydrogens (tertiary/aromatic N) is 2. The highest BCUT2D eigenvalue weighted by Gasteiger charge is 2.19. The molecule has 1 aromatic carbocycles. The first kappa shape index (κ1) is 25.2. The minimum absolute atomic E-state index is 0. The summed E-state index contributed by atoms with van der Waals surface area (Å²) in [7, 11) is 1.78. The molecule has 2 N–H and O–H groups in total. The lowest BCUT2D eigenvalue weighted by molar-refractivity contribution is 0.155. The predicted molar refractivity (Wildman–Crippen MR) is 130 cm³/mol. The zero-order valence-corrected chi connectivity index (χ0v) is 20.4. The number of halogens is 1. The SMILES string of the molecule is CCNC(=NCCc1cc(C)cc(C)c1)NC1CCN(CCCOC)CC1.I. The van der Waals surface area contributed by atoms with E-state index in [1.165, 1.54) is 29.5 Å². The van der Waals surface area contributed by atoms with Crippen LogP contribution in [0.2, 0.25) is 0 Å². The summed E-state index contributed by atoms with van der Waals surface area (Å²) in [5, 5.41) is 7.04. The third-order valence-electron chi connectivity index (χ3n) is 5.05. The molecule has 28 heavy (non-hydrogen) atoms. The van der Waals surface area contributed by atoms with Gasteiger partial charge in [0.15, 0.2) is 5.96 Å². The summed E-state index contributed by atoms with van der Waals surface area (Å²) >= 11 is 0. The number of aliphatic imine (C=N–C) groups is 1. The molecule has 6 heteroatoms. The van der Waals surface area contributed by atoms with Crippen LogP contribution in [0.5, 0.6) is 0 Å². The molecule has 0 atom stereocenters. The third kappa shape index (κ3) is 9.56. The molecule has 0 radical (unpaired) electrons. The summed E-state index contributed by atoms with van der Waals surface area (Å²) < 4.78 is 5.15. The summed E-state index contributed by atoms with van der Waals surface area (Å²) in [6, 6.07) is 7.27. The highest BCUT2D eigenvalue weighted by molar-refractivity contribution is 14.0. The molecule has 1 aromatic rings. The van der Waals surface area contributed by atoms with Crippen molar-refractivity contribution in [1.29, 1.82) is 0 Å². The zero-order chi connectivity index (χ0) is 19.5. The molecule has 5 nitrogen and oxygen atoms in total. The molecule has 0 amide bonds. The van der Waals surface area contributed by atoms with Gasteiger partial charge in [-0.15, -0.1) is 24.0 Å². The summed E-state index contributed by atoms with van der Waals surface area (Å²) in [5.74, 6) is 0.958. The van der Waals surface area contributed by atoms with Crippen LogP contribution in [0.15, 0.2) is 23.2 Å². The highest BCUT2D eigenvalue weighted by atomic mass is 127. The van der Waals surface area contributed by atoms with E-state index in [9.17, 15) is 0 Å². The standard InChI is InChI=1S/C22H38N4O.HI/c1-5-23-22(24-10-7-20-16-18(2)15-19(3)17-20)25-21-8-12-26(13-9-21)11-6-14-27-4;/h15-17,21H,5-14H2,1-4H3,(H2,23,24,25);1H. The topological polar surface area (TPSA) is 48.9 Å².